The zero-order valence-electron chi connectivity index (χ0n) is 11.7. The molecule has 0 spiro atoms. The minimum Gasteiger partial charge on any atom is -0.466 e. The van der Waals surface area contributed by atoms with Crippen LogP contribution in [0.2, 0.25) is 0 Å². The predicted molar refractivity (Wildman–Crippen MR) is 70.1 cm³/mol. The summed E-state index contributed by atoms with van der Waals surface area (Å²) in [5.74, 6) is -0.214. The molecule has 0 aliphatic carbocycles. The second-order valence-corrected chi connectivity index (χ2v) is 4.64. The summed E-state index contributed by atoms with van der Waals surface area (Å²) in [5.41, 5.74) is 7.13. The second-order valence-electron chi connectivity index (χ2n) is 4.64. The molecule has 0 bridgehead atoms. The molecule has 102 valence electrons. The number of carbonyl (C=O) groups is 1. The van der Waals surface area contributed by atoms with E-state index in [4.69, 9.17) is 10.5 Å². The Labute approximate surface area is 108 Å². The topological polar surface area (TPSA) is 70.1 Å². The van der Waals surface area contributed by atoms with E-state index in [0.29, 0.717) is 19.4 Å². The fraction of sp³-hybridized carbons (Fsp3) is 0.692. The molecule has 1 aromatic heterocycles. The van der Waals surface area contributed by atoms with Crippen molar-refractivity contribution in [3.63, 3.8) is 0 Å². The van der Waals surface area contributed by atoms with Gasteiger partial charge >= 0.3 is 5.97 Å². The average Bonchev–Trinajstić information content (AvgIpc) is 2.65. The van der Waals surface area contributed by atoms with Gasteiger partial charge in [0.15, 0.2) is 0 Å². The highest BCUT2D eigenvalue weighted by Crippen LogP contribution is 2.28. The highest BCUT2D eigenvalue weighted by Gasteiger charge is 2.37. The maximum Gasteiger partial charge on any atom is 0.313 e. The van der Waals surface area contributed by atoms with Crippen molar-refractivity contribution in [2.75, 3.05) is 13.2 Å². The minimum absolute atomic E-state index is 0.214. The smallest absolute Gasteiger partial charge is 0.313 e. The molecule has 1 aromatic rings. The lowest BCUT2D eigenvalue weighted by Crippen LogP contribution is -2.42. The number of nitrogens with zero attached hydrogens (tertiary/aromatic N) is 2. The lowest BCUT2D eigenvalue weighted by molar-refractivity contribution is -0.155. The third kappa shape index (κ3) is 2.90. The molecule has 0 radical (unpaired) electrons. The van der Waals surface area contributed by atoms with Crippen molar-refractivity contribution >= 4 is 5.97 Å². The van der Waals surface area contributed by atoms with Crippen molar-refractivity contribution in [2.24, 2.45) is 18.2 Å². The van der Waals surface area contributed by atoms with Gasteiger partial charge in [0.25, 0.3) is 0 Å². The van der Waals surface area contributed by atoms with Crippen LogP contribution in [0.1, 0.15) is 31.7 Å². The van der Waals surface area contributed by atoms with Gasteiger partial charge in [0, 0.05) is 25.7 Å². The largest absolute Gasteiger partial charge is 0.466 e. The fourth-order valence-electron chi connectivity index (χ4n) is 2.10. The summed E-state index contributed by atoms with van der Waals surface area (Å²) in [6, 6.07) is 1.99. The zero-order chi connectivity index (χ0) is 13.8. The summed E-state index contributed by atoms with van der Waals surface area (Å²) in [6.45, 7) is 6.37. The van der Waals surface area contributed by atoms with E-state index >= 15 is 0 Å². The van der Waals surface area contributed by atoms with Crippen molar-refractivity contribution in [1.82, 2.24) is 9.78 Å². The van der Waals surface area contributed by atoms with E-state index in [0.717, 1.165) is 11.4 Å². The first-order valence-electron chi connectivity index (χ1n) is 6.36. The van der Waals surface area contributed by atoms with Gasteiger partial charge in [0.05, 0.1) is 17.7 Å². The molecular weight excluding hydrogens is 230 g/mol. The second kappa shape index (κ2) is 6.00. The molecule has 1 heterocycles. The predicted octanol–water partition coefficient (Wildman–Crippen LogP) is 1.19. The van der Waals surface area contributed by atoms with E-state index in [1.165, 1.54) is 0 Å². The Balaban J connectivity index is 2.98. The minimum atomic E-state index is -0.643. The van der Waals surface area contributed by atoms with Gasteiger partial charge in [0.2, 0.25) is 0 Å². The third-order valence-electron chi connectivity index (χ3n) is 3.39. The molecule has 0 saturated heterocycles. The summed E-state index contributed by atoms with van der Waals surface area (Å²) >= 11 is 0. The third-order valence-corrected chi connectivity index (χ3v) is 3.39. The van der Waals surface area contributed by atoms with Gasteiger partial charge in [-0.3, -0.25) is 9.48 Å². The number of aromatic nitrogens is 2. The van der Waals surface area contributed by atoms with Crippen molar-refractivity contribution in [2.45, 2.75) is 33.6 Å². The number of aryl methyl sites for hydroxylation is 2. The van der Waals surface area contributed by atoms with Crippen LogP contribution in [0.5, 0.6) is 0 Å². The molecule has 1 atom stereocenters. The quantitative estimate of drug-likeness (QED) is 0.773. The van der Waals surface area contributed by atoms with Gasteiger partial charge < -0.3 is 10.5 Å². The molecule has 1 unspecified atom stereocenters. The number of hydrogen-bond donors (Lipinski definition) is 1. The highest BCUT2D eigenvalue weighted by molar-refractivity contribution is 5.77. The number of carbonyl (C=O) groups excluding carboxylic acids is 1. The Morgan fingerprint density at radius 1 is 1.56 bits per heavy atom. The van der Waals surface area contributed by atoms with Crippen molar-refractivity contribution in [1.29, 1.82) is 0 Å². The molecule has 0 saturated carbocycles. The Hall–Kier alpha value is -1.36. The number of hydrogen-bond acceptors (Lipinski definition) is 4. The number of ether oxygens (including phenoxy) is 1. The SMILES string of the molecule is CCOC(=O)C(CC)(CN)Cc1cc(C)nn1C. The molecule has 0 amide bonds. The standard InChI is InChI=1S/C13H23N3O2/c1-5-13(9-14,12(17)18-6-2)8-11-7-10(3)15-16(11)4/h7H,5-6,8-9,14H2,1-4H3. The van der Waals surface area contributed by atoms with Gasteiger partial charge in [0.1, 0.15) is 0 Å². The molecule has 1 rings (SSSR count). The van der Waals surface area contributed by atoms with E-state index < -0.39 is 5.41 Å². The first-order chi connectivity index (χ1) is 8.49. The molecule has 18 heavy (non-hydrogen) atoms. The van der Waals surface area contributed by atoms with Crippen molar-refractivity contribution in [3.05, 3.63) is 17.5 Å². The van der Waals surface area contributed by atoms with E-state index in [-0.39, 0.29) is 12.5 Å². The summed E-state index contributed by atoms with van der Waals surface area (Å²) in [6.07, 6.45) is 1.22. The molecule has 0 aliphatic rings. The van der Waals surface area contributed by atoms with Crippen LogP contribution in [0.25, 0.3) is 0 Å². The van der Waals surface area contributed by atoms with Crippen LogP contribution in [0.3, 0.4) is 0 Å². The molecule has 5 heteroatoms. The van der Waals surface area contributed by atoms with E-state index in [1.54, 1.807) is 4.68 Å². The molecule has 0 aliphatic heterocycles. The van der Waals surface area contributed by atoms with Crippen LogP contribution in [0, 0.1) is 12.3 Å². The Kier molecular flexibility index (Phi) is 4.90. The van der Waals surface area contributed by atoms with Gasteiger partial charge in [-0.25, -0.2) is 0 Å². The maximum atomic E-state index is 12.1. The summed E-state index contributed by atoms with van der Waals surface area (Å²) < 4.78 is 6.96. The molecule has 5 nitrogen and oxygen atoms in total. The van der Waals surface area contributed by atoms with E-state index in [9.17, 15) is 4.79 Å². The zero-order valence-corrected chi connectivity index (χ0v) is 11.7. The van der Waals surface area contributed by atoms with Gasteiger partial charge in [-0.1, -0.05) is 6.92 Å². The van der Waals surface area contributed by atoms with E-state index in [2.05, 4.69) is 5.10 Å². The van der Waals surface area contributed by atoms with Gasteiger partial charge in [-0.2, -0.15) is 5.10 Å². The fourth-order valence-corrected chi connectivity index (χ4v) is 2.10. The van der Waals surface area contributed by atoms with Crippen molar-refractivity contribution in [3.8, 4) is 0 Å². The number of esters is 1. The lowest BCUT2D eigenvalue weighted by Gasteiger charge is -2.28. The first kappa shape index (κ1) is 14.7. The number of nitrogens with two attached hydrogens (primary N) is 1. The monoisotopic (exact) mass is 253 g/mol. The van der Waals surface area contributed by atoms with Crippen LogP contribution in [0.15, 0.2) is 6.07 Å². The summed E-state index contributed by atoms with van der Waals surface area (Å²) in [4.78, 5) is 12.1. The van der Waals surface area contributed by atoms with Crippen LogP contribution in [-0.4, -0.2) is 28.9 Å². The molecule has 0 fully saturated rings. The lowest BCUT2D eigenvalue weighted by atomic mass is 9.80. The van der Waals surface area contributed by atoms with Crippen LogP contribution >= 0.6 is 0 Å². The molecular formula is C13H23N3O2. The molecule has 2 N–H and O–H groups in total. The van der Waals surface area contributed by atoms with Crippen LogP contribution in [0.4, 0.5) is 0 Å². The summed E-state index contributed by atoms with van der Waals surface area (Å²) in [5, 5.41) is 4.29. The van der Waals surface area contributed by atoms with Crippen LogP contribution < -0.4 is 5.73 Å². The van der Waals surface area contributed by atoms with Gasteiger partial charge in [-0.05, 0) is 26.3 Å². The Morgan fingerprint density at radius 3 is 2.61 bits per heavy atom. The Bertz CT molecular complexity index is 408. The van der Waals surface area contributed by atoms with Crippen LogP contribution in [-0.2, 0) is 23.0 Å². The average molecular weight is 253 g/mol. The van der Waals surface area contributed by atoms with Gasteiger partial charge in [-0.15, -0.1) is 0 Å². The summed E-state index contributed by atoms with van der Waals surface area (Å²) in [7, 11) is 1.88. The van der Waals surface area contributed by atoms with Crippen molar-refractivity contribution < 1.29 is 9.53 Å². The number of rotatable bonds is 6. The normalized spacial score (nSPS) is 14.3. The first-order valence-corrected chi connectivity index (χ1v) is 6.36. The maximum absolute atomic E-state index is 12.1. The molecule has 0 aromatic carbocycles. The highest BCUT2D eigenvalue weighted by atomic mass is 16.5. The Morgan fingerprint density at radius 2 is 2.22 bits per heavy atom. The van der Waals surface area contributed by atoms with E-state index in [1.807, 2.05) is 33.9 Å².